The highest BCUT2D eigenvalue weighted by atomic mass is 28.4. The molecule has 0 N–H and O–H groups in total. The van der Waals surface area contributed by atoms with Crippen LogP contribution in [-0.4, -0.2) is 14.3 Å². The minimum absolute atomic E-state index is 0.0167. The molecule has 0 radical (unpaired) electrons. The maximum absolute atomic E-state index is 12.1. The van der Waals surface area contributed by atoms with Gasteiger partial charge in [0.25, 0.3) is 8.32 Å². The summed E-state index contributed by atoms with van der Waals surface area (Å²) in [5.41, 5.74) is 2.24. The lowest BCUT2D eigenvalue weighted by molar-refractivity contribution is -0.220. The smallest absolute Gasteiger partial charge is 0.310 e. The minimum atomic E-state index is -2.07. The van der Waals surface area contributed by atoms with Gasteiger partial charge in [-0.05, 0) is 41.6 Å². The Kier molecular flexibility index (Phi) is 6.38. The van der Waals surface area contributed by atoms with Crippen molar-refractivity contribution in [2.75, 3.05) is 0 Å². The second kappa shape index (κ2) is 7.42. The first kappa shape index (κ1) is 18.9. The summed E-state index contributed by atoms with van der Waals surface area (Å²) < 4.78 is 5.54. The molecule has 22 heavy (non-hydrogen) atoms. The summed E-state index contributed by atoms with van der Waals surface area (Å²) in [5, 5.41) is 0.0167. The summed E-state index contributed by atoms with van der Waals surface area (Å²) >= 11 is 0. The molecule has 0 bridgehead atoms. The number of hydrogen-bond donors (Lipinski definition) is 0. The zero-order valence-corrected chi connectivity index (χ0v) is 16.0. The van der Waals surface area contributed by atoms with E-state index < -0.39 is 8.32 Å². The summed E-state index contributed by atoms with van der Waals surface area (Å²) in [4.78, 5) is 17.2. The molecule has 0 heterocycles. The highest BCUT2D eigenvalue weighted by molar-refractivity contribution is 6.73. The molecular weight excluding hydrogens is 292 g/mol. The first-order chi connectivity index (χ1) is 10.0. The van der Waals surface area contributed by atoms with Gasteiger partial charge in [0.1, 0.15) is 0 Å². The van der Waals surface area contributed by atoms with Crippen LogP contribution in [0.1, 0.15) is 45.7 Å². The van der Waals surface area contributed by atoms with Gasteiger partial charge in [0, 0.05) is 0 Å². The van der Waals surface area contributed by atoms with Gasteiger partial charge >= 0.3 is 5.97 Å². The Morgan fingerprint density at radius 1 is 1.14 bits per heavy atom. The first-order valence-corrected chi connectivity index (χ1v) is 10.9. The Labute approximate surface area is 136 Å². The van der Waals surface area contributed by atoms with Crippen molar-refractivity contribution in [3.8, 4) is 0 Å². The van der Waals surface area contributed by atoms with Crippen LogP contribution in [0.4, 0.5) is 0 Å². The molecule has 1 rings (SSSR count). The highest BCUT2D eigenvalue weighted by Gasteiger charge is 2.40. The van der Waals surface area contributed by atoms with Crippen LogP contribution in [0.25, 0.3) is 0 Å². The third-order valence-corrected chi connectivity index (χ3v) is 8.34. The molecule has 1 aromatic rings. The van der Waals surface area contributed by atoms with Crippen LogP contribution in [0.5, 0.6) is 0 Å². The number of rotatable bonds is 6. The molecule has 0 spiro atoms. The van der Waals surface area contributed by atoms with E-state index in [2.05, 4.69) is 53.8 Å². The molecule has 3 nitrogen and oxygen atoms in total. The van der Waals surface area contributed by atoms with Crippen LogP contribution < -0.4 is 0 Å². The summed E-state index contributed by atoms with van der Waals surface area (Å²) in [7, 11) is -2.07. The van der Waals surface area contributed by atoms with E-state index >= 15 is 0 Å². The van der Waals surface area contributed by atoms with Gasteiger partial charge in [-0.15, -0.1) is 0 Å². The van der Waals surface area contributed by atoms with E-state index in [1.807, 2.05) is 18.2 Å². The van der Waals surface area contributed by atoms with Gasteiger partial charge in [0.05, 0.1) is 6.42 Å². The van der Waals surface area contributed by atoms with Crippen molar-refractivity contribution in [1.82, 2.24) is 0 Å². The lowest BCUT2D eigenvalue weighted by atomic mass is 9.96. The Morgan fingerprint density at radius 2 is 1.68 bits per heavy atom. The van der Waals surface area contributed by atoms with E-state index in [1.54, 1.807) is 0 Å². The summed E-state index contributed by atoms with van der Waals surface area (Å²) in [6.07, 6.45) is 1.23. The number of carbonyl (C=O) groups excluding carboxylic acids is 1. The Bertz CT molecular complexity index is 501. The molecular formula is C18H30O3Si. The molecule has 0 aromatic heterocycles. The van der Waals surface area contributed by atoms with Crippen LogP contribution in [0.3, 0.4) is 0 Å². The second-order valence-corrected chi connectivity index (χ2v) is 12.5. The molecule has 0 saturated heterocycles. The molecule has 124 valence electrons. The van der Waals surface area contributed by atoms with Crippen molar-refractivity contribution in [2.24, 2.45) is 5.92 Å². The topological polar surface area (TPSA) is 35.5 Å². The van der Waals surface area contributed by atoms with Crippen LogP contribution in [0.2, 0.25) is 18.1 Å². The van der Waals surface area contributed by atoms with Crippen LogP contribution >= 0.6 is 0 Å². The summed E-state index contributed by atoms with van der Waals surface area (Å²) in [5.74, 6) is 0.238. The minimum Gasteiger partial charge on any atom is -0.310 e. The summed E-state index contributed by atoms with van der Waals surface area (Å²) in [6, 6.07) is 8.04. The Hall–Kier alpha value is -1.13. The van der Waals surface area contributed by atoms with Gasteiger partial charge in [-0.25, -0.2) is 9.37 Å². The maximum Gasteiger partial charge on any atom is 0.345 e. The van der Waals surface area contributed by atoms with Crippen LogP contribution in [0.15, 0.2) is 24.3 Å². The highest BCUT2D eigenvalue weighted by Crippen LogP contribution is 2.36. The largest absolute Gasteiger partial charge is 0.345 e. The van der Waals surface area contributed by atoms with E-state index in [1.165, 1.54) is 5.56 Å². The number of hydrogen-bond acceptors (Lipinski definition) is 3. The molecule has 0 unspecified atom stereocenters. The van der Waals surface area contributed by atoms with Crippen molar-refractivity contribution in [2.45, 2.75) is 65.6 Å². The van der Waals surface area contributed by atoms with E-state index in [4.69, 9.17) is 9.46 Å². The summed E-state index contributed by atoms with van der Waals surface area (Å²) in [6.45, 7) is 14.8. The van der Waals surface area contributed by atoms with E-state index in [0.717, 1.165) is 12.0 Å². The van der Waals surface area contributed by atoms with E-state index in [9.17, 15) is 4.79 Å². The molecule has 0 amide bonds. The quantitative estimate of drug-likeness (QED) is 0.424. The Balaban J connectivity index is 2.67. The zero-order valence-electron chi connectivity index (χ0n) is 15.0. The second-order valence-electron chi connectivity index (χ2n) is 7.84. The lowest BCUT2D eigenvalue weighted by Crippen LogP contribution is -2.41. The number of benzene rings is 1. The van der Waals surface area contributed by atoms with Gasteiger partial charge in [0.15, 0.2) is 0 Å². The van der Waals surface area contributed by atoms with Gasteiger partial charge in [0.2, 0.25) is 0 Å². The van der Waals surface area contributed by atoms with Crippen LogP contribution in [-0.2, 0) is 27.1 Å². The van der Waals surface area contributed by atoms with Gasteiger partial charge in [-0.3, -0.25) is 0 Å². The van der Waals surface area contributed by atoms with Gasteiger partial charge < -0.3 is 4.89 Å². The fourth-order valence-electron chi connectivity index (χ4n) is 1.83. The van der Waals surface area contributed by atoms with Crippen LogP contribution in [0, 0.1) is 5.92 Å². The zero-order chi connectivity index (χ0) is 17.0. The lowest BCUT2D eigenvalue weighted by Gasteiger charge is -2.33. The average molecular weight is 323 g/mol. The van der Waals surface area contributed by atoms with E-state index in [0.29, 0.717) is 5.92 Å². The maximum atomic E-state index is 12.1. The van der Waals surface area contributed by atoms with Gasteiger partial charge in [-0.1, -0.05) is 58.9 Å². The average Bonchev–Trinajstić information content (AvgIpc) is 2.37. The predicted molar refractivity (Wildman–Crippen MR) is 93.1 cm³/mol. The molecule has 4 heteroatoms. The molecule has 0 aliphatic heterocycles. The molecule has 0 aliphatic carbocycles. The third kappa shape index (κ3) is 5.58. The standard InChI is InChI=1S/C18H30O3Si/c1-14(2)12-15-10-8-9-11-16(15)13-17(19)20-21-22(6,7)18(3,4)5/h8-11,14H,12-13H2,1-7H3. The molecule has 0 saturated carbocycles. The fraction of sp³-hybridized carbons (Fsp3) is 0.611. The molecule has 0 atom stereocenters. The SMILES string of the molecule is CC(C)Cc1ccccc1CC(=O)OO[Si](C)(C)C(C)(C)C. The fourth-order valence-corrected chi connectivity index (χ4v) is 2.38. The van der Waals surface area contributed by atoms with Crippen molar-refractivity contribution >= 4 is 14.3 Å². The first-order valence-electron chi connectivity index (χ1n) is 7.98. The van der Waals surface area contributed by atoms with Crippen molar-refractivity contribution in [1.29, 1.82) is 0 Å². The molecule has 1 aromatic carbocycles. The normalized spacial score (nSPS) is 12.5. The third-order valence-electron chi connectivity index (χ3n) is 4.23. The molecule has 0 fully saturated rings. The van der Waals surface area contributed by atoms with Gasteiger partial charge in [-0.2, -0.15) is 0 Å². The van der Waals surface area contributed by atoms with E-state index in [-0.39, 0.29) is 17.4 Å². The van der Waals surface area contributed by atoms with Crippen molar-refractivity contribution < 1.29 is 14.3 Å². The monoisotopic (exact) mass is 322 g/mol. The Morgan fingerprint density at radius 3 is 2.18 bits per heavy atom. The predicted octanol–water partition coefficient (Wildman–Crippen LogP) is 4.91. The van der Waals surface area contributed by atoms with Crippen molar-refractivity contribution in [3.05, 3.63) is 35.4 Å². The number of carbonyl (C=O) groups is 1. The molecule has 0 aliphatic rings. The van der Waals surface area contributed by atoms with Crippen molar-refractivity contribution in [3.63, 3.8) is 0 Å².